The summed E-state index contributed by atoms with van der Waals surface area (Å²) >= 11 is 0. The number of aliphatic hydroxyl groups is 1. The van der Waals surface area contributed by atoms with Crippen LogP contribution in [0.4, 0.5) is 0 Å². The number of esters is 1. The van der Waals surface area contributed by atoms with Crippen LogP contribution in [0.15, 0.2) is 36.5 Å². The van der Waals surface area contributed by atoms with Gasteiger partial charge in [0.2, 0.25) is 0 Å². The molecule has 3 rings (SSSR count). The first kappa shape index (κ1) is 17.6. The highest BCUT2D eigenvalue weighted by Gasteiger charge is 2.25. The predicted molar refractivity (Wildman–Crippen MR) is 93.6 cm³/mol. The zero-order valence-electron chi connectivity index (χ0n) is 14.3. The summed E-state index contributed by atoms with van der Waals surface area (Å²) in [5.41, 5.74) is 1.99. The topological polar surface area (TPSA) is 88.4 Å². The van der Waals surface area contributed by atoms with E-state index in [1.165, 1.54) is 0 Å². The number of benzene rings is 1. The second-order valence-electron chi connectivity index (χ2n) is 6.12. The number of nitrogens with zero attached hydrogens (tertiary/aromatic N) is 2. The Morgan fingerprint density at radius 3 is 2.88 bits per heavy atom. The average Bonchev–Trinajstić information content (AvgIpc) is 3.23. The molecular weight excluding hydrogens is 320 g/mol. The lowest BCUT2D eigenvalue weighted by molar-refractivity contribution is 0.0517. The highest BCUT2D eigenvalue weighted by Crippen LogP contribution is 2.14. The Morgan fingerprint density at radius 1 is 1.40 bits per heavy atom. The van der Waals surface area contributed by atoms with Crippen LogP contribution in [0.25, 0.3) is 5.69 Å². The summed E-state index contributed by atoms with van der Waals surface area (Å²) in [4.78, 5) is 12.2. The maximum atomic E-state index is 12.2. The number of aliphatic hydroxyl groups excluding tert-OH is 1. The molecule has 0 radical (unpaired) electrons. The van der Waals surface area contributed by atoms with Crippen molar-refractivity contribution in [2.75, 3.05) is 26.2 Å². The van der Waals surface area contributed by atoms with Gasteiger partial charge in [-0.25, -0.2) is 9.48 Å². The third kappa shape index (κ3) is 4.25. The smallest absolute Gasteiger partial charge is 0.359 e. The number of aromatic nitrogens is 2. The van der Waals surface area contributed by atoms with Crippen LogP contribution in [0, 0.1) is 5.92 Å². The summed E-state index contributed by atoms with van der Waals surface area (Å²) in [6, 6.07) is 9.64. The lowest BCUT2D eigenvalue weighted by Gasteiger charge is -2.13. The number of ether oxygens (including phenoxy) is 1. The fourth-order valence-electron chi connectivity index (χ4n) is 2.94. The van der Waals surface area contributed by atoms with Gasteiger partial charge >= 0.3 is 5.97 Å². The molecule has 1 aromatic heterocycles. The number of rotatable bonds is 7. The quantitative estimate of drug-likeness (QED) is 0.642. The van der Waals surface area contributed by atoms with Crippen molar-refractivity contribution in [3.8, 4) is 5.69 Å². The molecule has 2 atom stereocenters. The second kappa shape index (κ2) is 8.24. The fourth-order valence-corrected chi connectivity index (χ4v) is 2.94. The van der Waals surface area contributed by atoms with Gasteiger partial charge in [-0.2, -0.15) is 5.10 Å². The van der Waals surface area contributed by atoms with E-state index in [4.69, 9.17) is 4.74 Å². The largest absolute Gasteiger partial charge is 0.461 e. The van der Waals surface area contributed by atoms with Gasteiger partial charge in [0.05, 0.1) is 18.4 Å². The molecule has 2 aromatic rings. The normalized spacial score (nSPS) is 19.9. The third-order valence-corrected chi connectivity index (χ3v) is 4.31. The number of carbonyl (C=O) groups excluding carboxylic acids is 1. The molecule has 7 heteroatoms. The van der Waals surface area contributed by atoms with Gasteiger partial charge in [0.25, 0.3) is 0 Å². The Hall–Kier alpha value is -2.22. The molecule has 25 heavy (non-hydrogen) atoms. The van der Waals surface area contributed by atoms with E-state index in [1.807, 2.05) is 36.5 Å². The van der Waals surface area contributed by atoms with E-state index in [9.17, 15) is 9.90 Å². The van der Waals surface area contributed by atoms with Crippen molar-refractivity contribution in [3.63, 3.8) is 0 Å². The number of hydrogen-bond acceptors (Lipinski definition) is 6. The van der Waals surface area contributed by atoms with Gasteiger partial charge in [0.15, 0.2) is 5.69 Å². The van der Waals surface area contributed by atoms with Crippen LogP contribution in [-0.2, 0) is 11.3 Å². The van der Waals surface area contributed by atoms with Gasteiger partial charge in [-0.05, 0) is 19.1 Å². The van der Waals surface area contributed by atoms with E-state index < -0.39 is 5.97 Å². The number of hydrogen-bond donors (Lipinski definition) is 3. The molecule has 1 aliphatic rings. The molecule has 7 nitrogen and oxygen atoms in total. The van der Waals surface area contributed by atoms with Gasteiger partial charge in [-0.1, -0.05) is 18.2 Å². The summed E-state index contributed by atoms with van der Waals surface area (Å²) in [7, 11) is 0. The van der Waals surface area contributed by atoms with E-state index >= 15 is 0 Å². The Labute approximate surface area is 147 Å². The van der Waals surface area contributed by atoms with E-state index in [2.05, 4.69) is 15.7 Å². The van der Waals surface area contributed by atoms with E-state index in [1.54, 1.807) is 11.6 Å². The van der Waals surface area contributed by atoms with Crippen molar-refractivity contribution < 1.29 is 14.6 Å². The SMILES string of the molecule is CCOC(=O)c1nn(-c2ccccc2)cc1CNCC1CNCC1O. The Bertz CT molecular complexity index is 702. The second-order valence-corrected chi connectivity index (χ2v) is 6.12. The first-order chi connectivity index (χ1) is 12.2. The molecule has 1 fully saturated rings. The van der Waals surface area contributed by atoms with Crippen LogP contribution in [-0.4, -0.2) is 53.2 Å². The number of β-amino-alcohol motifs (C(OH)–C–C–N with tert-alkyl or cyclic N) is 1. The minimum Gasteiger partial charge on any atom is -0.461 e. The molecule has 0 bridgehead atoms. The van der Waals surface area contributed by atoms with Gasteiger partial charge < -0.3 is 20.5 Å². The van der Waals surface area contributed by atoms with Gasteiger partial charge in [-0.15, -0.1) is 0 Å². The zero-order chi connectivity index (χ0) is 17.6. The molecule has 1 aromatic carbocycles. The Morgan fingerprint density at radius 2 is 2.20 bits per heavy atom. The summed E-state index contributed by atoms with van der Waals surface area (Å²) in [5.74, 6) is -0.244. The molecule has 2 unspecified atom stereocenters. The van der Waals surface area contributed by atoms with Gasteiger partial charge in [0.1, 0.15) is 0 Å². The number of nitrogens with one attached hydrogen (secondary N) is 2. The van der Waals surface area contributed by atoms with Crippen molar-refractivity contribution in [3.05, 3.63) is 47.8 Å². The maximum Gasteiger partial charge on any atom is 0.359 e. The van der Waals surface area contributed by atoms with Crippen molar-refractivity contribution in [2.45, 2.75) is 19.6 Å². The zero-order valence-corrected chi connectivity index (χ0v) is 14.3. The van der Waals surface area contributed by atoms with Crippen LogP contribution in [0.2, 0.25) is 0 Å². The fraction of sp³-hybridized carbons (Fsp3) is 0.444. The highest BCUT2D eigenvalue weighted by molar-refractivity contribution is 5.88. The molecular formula is C18H24N4O3. The monoisotopic (exact) mass is 344 g/mol. The van der Waals surface area contributed by atoms with Crippen molar-refractivity contribution in [2.24, 2.45) is 5.92 Å². The van der Waals surface area contributed by atoms with Crippen LogP contribution < -0.4 is 10.6 Å². The number of carbonyl (C=O) groups is 1. The molecule has 2 heterocycles. The first-order valence-corrected chi connectivity index (χ1v) is 8.59. The van der Waals surface area contributed by atoms with Crippen LogP contribution in [0.1, 0.15) is 23.0 Å². The molecule has 0 aliphatic carbocycles. The molecule has 1 saturated heterocycles. The lowest BCUT2D eigenvalue weighted by Crippen LogP contribution is -2.30. The molecule has 1 aliphatic heterocycles. The summed E-state index contributed by atoms with van der Waals surface area (Å²) in [5, 5.41) is 20.7. The third-order valence-electron chi connectivity index (χ3n) is 4.31. The average molecular weight is 344 g/mol. The van der Waals surface area contributed by atoms with E-state index in [0.29, 0.717) is 31.9 Å². The van der Waals surface area contributed by atoms with Crippen molar-refractivity contribution in [1.82, 2.24) is 20.4 Å². The summed E-state index contributed by atoms with van der Waals surface area (Å²) < 4.78 is 6.81. The van der Waals surface area contributed by atoms with Gasteiger partial charge in [0, 0.05) is 43.9 Å². The van der Waals surface area contributed by atoms with Crippen LogP contribution in [0.5, 0.6) is 0 Å². The molecule has 134 valence electrons. The van der Waals surface area contributed by atoms with Crippen molar-refractivity contribution in [1.29, 1.82) is 0 Å². The first-order valence-electron chi connectivity index (χ1n) is 8.59. The summed E-state index contributed by atoms with van der Waals surface area (Å²) in [6.45, 7) is 4.67. The van der Waals surface area contributed by atoms with Gasteiger partial charge in [-0.3, -0.25) is 0 Å². The highest BCUT2D eigenvalue weighted by atomic mass is 16.5. The van der Waals surface area contributed by atoms with Crippen LogP contribution in [0.3, 0.4) is 0 Å². The Kier molecular flexibility index (Phi) is 5.80. The standard InChI is InChI=1S/C18H24N4O3/c1-2-25-18(24)17-14(10-19-8-13-9-20-11-16(13)23)12-22(21-17)15-6-4-3-5-7-15/h3-7,12-13,16,19-20,23H,2,8-11H2,1H3. The van der Waals surface area contributed by atoms with E-state index in [-0.39, 0.29) is 12.0 Å². The minimum atomic E-state index is -0.420. The molecule has 0 spiro atoms. The molecule has 3 N–H and O–H groups in total. The molecule has 0 amide bonds. The molecule has 0 saturated carbocycles. The number of para-hydroxylation sites is 1. The lowest BCUT2D eigenvalue weighted by atomic mass is 10.1. The van der Waals surface area contributed by atoms with Crippen LogP contribution >= 0.6 is 0 Å². The summed E-state index contributed by atoms with van der Waals surface area (Å²) in [6.07, 6.45) is 1.52. The van der Waals surface area contributed by atoms with Crippen molar-refractivity contribution >= 4 is 5.97 Å². The van der Waals surface area contributed by atoms with E-state index in [0.717, 1.165) is 17.8 Å². The Balaban J connectivity index is 1.73. The minimum absolute atomic E-state index is 0.176. The predicted octanol–water partition coefficient (Wildman–Crippen LogP) is 0.719. The maximum absolute atomic E-state index is 12.2.